The highest BCUT2D eigenvalue weighted by atomic mass is 35.5. The van der Waals surface area contributed by atoms with Crippen LogP contribution in [-0.2, 0) is 9.59 Å². The lowest BCUT2D eigenvalue weighted by atomic mass is 10.1. The van der Waals surface area contributed by atoms with E-state index in [1.165, 1.54) is 0 Å². The van der Waals surface area contributed by atoms with Crippen molar-refractivity contribution in [1.82, 2.24) is 15.5 Å². The summed E-state index contributed by atoms with van der Waals surface area (Å²) in [6, 6.07) is 0.536. The highest BCUT2D eigenvalue weighted by Crippen LogP contribution is 2.05. The number of rotatable bonds is 5. The average Bonchev–Trinajstić information content (AvgIpc) is 2.27. The van der Waals surface area contributed by atoms with E-state index in [4.69, 9.17) is 0 Å². The summed E-state index contributed by atoms with van der Waals surface area (Å²) in [6.07, 6.45) is 1.54. The van der Waals surface area contributed by atoms with Crippen molar-refractivity contribution in [2.45, 2.75) is 52.1 Å². The molecule has 0 bridgehead atoms. The molecule has 0 aromatic rings. The van der Waals surface area contributed by atoms with Gasteiger partial charge in [0, 0.05) is 44.6 Å². The summed E-state index contributed by atoms with van der Waals surface area (Å²) in [6.45, 7) is 8.37. The molecule has 0 aromatic heterocycles. The van der Waals surface area contributed by atoms with E-state index in [9.17, 15) is 9.59 Å². The number of nitrogens with one attached hydrogen (secondary N) is 2. The second-order valence-corrected chi connectivity index (χ2v) is 5.27. The minimum atomic E-state index is 0. The van der Waals surface area contributed by atoms with E-state index in [1.54, 1.807) is 0 Å². The van der Waals surface area contributed by atoms with Crippen molar-refractivity contribution in [3.8, 4) is 0 Å². The average molecular weight is 292 g/mol. The number of carbonyl (C=O) groups excluding carboxylic acids is 2. The van der Waals surface area contributed by atoms with Gasteiger partial charge in [0.1, 0.15) is 0 Å². The molecule has 0 radical (unpaired) electrons. The number of hydrogen-bond acceptors (Lipinski definition) is 3. The van der Waals surface area contributed by atoms with Crippen LogP contribution in [0.25, 0.3) is 0 Å². The predicted molar refractivity (Wildman–Crippen MR) is 78.4 cm³/mol. The lowest BCUT2D eigenvalue weighted by molar-refractivity contribution is -0.132. The molecule has 1 unspecified atom stereocenters. The maximum atomic E-state index is 11.9. The Balaban J connectivity index is 0.00000324. The van der Waals surface area contributed by atoms with Gasteiger partial charge in [0.15, 0.2) is 0 Å². The van der Waals surface area contributed by atoms with Gasteiger partial charge in [-0.15, -0.1) is 12.4 Å². The molecule has 1 fully saturated rings. The van der Waals surface area contributed by atoms with Crippen molar-refractivity contribution in [3.05, 3.63) is 0 Å². The van der Waals surface area contributed by atoms with Crippen molar-refractivity contribution in [3.63, 3.8) is 0 Å². The van der Waals surface area contributed by atoms with Gasteiger partial charge < -0.3 is 15.5 Å². The zero-order chi connectivity index (χ0) is 13.5. The minimum absolute atomic E-state index is 0. The number of halogens is 1. The van der Waals surface area contributed by atoms with Crippen LogP contribution in [0.1, 0.15) is 40.0 Å². The number of hydrogen-bond donors (Lipinski definition) is 2. The van der Waals surface area contributed by atoms with Gasteiger partial charge in [0.05, 0.1) is 0 Å². The van der Waals surface area contributed by atoms with Gasteiger partial charge in [-0.25, -0.2) is 0 Å². The fraction of sp³-hybridized carbons (Fsp3) is 0.846. The fourth-order valence-corrected chi connectivity index (χ4v) is 2.11. The summed E-state index contributed by atoms with van der Waals surface area (Å²) in [5.74, 6) is 0.201. The molecule has 1 aliphatic heterocycles. The van der Waals surface area contributed by atoms with Crippen LogP contribution in [0, 0.1) is 0 Å². The van der Waals surface area contributed by atoms with Gasteiger partial charge in [0.25, 0.3) is 0 Å². The first-order valence-electron chi connectivity index (χ1n) is 6.79. The largest absolute Gasteiger partial charge is 0.354 e. The van der Waals surface area contributed by atoms with Crippen LogP contribution in [0.15, 0.2) is 0 Å². The van der Waals surface area contributed by atoms with Crippen LogP contribution >= 0.6 is 12.4 Å². The molecule has 1 rings (SSSR count). The molecule has 5 nitrogen and oxygen atoms in total. The standard InChI is InChI=1S/C13H25N3O2.ClH/c1-10(2)15-12(17)5-4-6-13(18)16-8-7-14-11(3)9-16;/h10-11,14H,4-9H2,1-3H3,(H,15,17);1H. The molecule has 19 heavy (non-hydrogen) atoms. The summed E-state index contributed by atoms with van der Waals surface area (Å²) in [5.41, 5.74) is 0. The highest BCUT2D eigenvalue weighted by Gasteiger charge is 2.20. The summed E-state index contributed by atoms with van der Waals surface area (Å²) in [4.78, 5) is 25.2. The van der Waals surface area contributed by atoms with E-state index in [-0.39, 0.29) is 30.3 Å². The molecule has 0 aromatic carbocycles. The first-order valence-corrected chi connectivity index (χ1v) is 6.79. The minimum Gasteiger partial charge on any atom is -0.354 e. The fourth-order valence-electron chi connectivity index (χ4n) is 2.11. The third-order valence-electron chi connectivity index (χ3n) is 2.97. The van der Waals surface area contributed by atoms with Gasteiger partial charge in [-0.1, -0.05) is 0 Å². The van der Waals surface area contributed by atoms with Gasteiger partial charge in [-0.05, 0) is 27.2 Å². The monoisotopic (exact) mass is 291 g/mol. The molecule has 0 saturated carbocycles. The number of nitrogens with zero attached hydrogens (tertiary/aromatic N) is 1. The lowest BCUT2D eigenvalue weighted by Crippen LogP contribution is -2.51. The first-order chi connectivity index (χ1) is 8.49. The molecule has 1 aliphatic rings. The Morgan fingerprint density at radius 1 is 1.37 bits per heavy atom. The van der Waals surface area contributed by atoms with Crippen molar-refractivity contribution in [2.75, 3.05) is 19.6 Å². The smallest absolute Gasteiger partial charge is 0.222 e. The Bertz CT molecular complexity index is 298. The maximum absolute atomic E-state index is 11.9. The Kier molecular flexibility index (Phi) is 8.76. The topological polar surface area (TPSA) is 61.4 Å². The Hall–Kier alpha value is -0.810. The molecule has 112 valence electrons. The molecule has 0 spiro atoms. The molecule has 6 heteroatoms. The number of piperazine rings is 1. The lowest BCUT2D eigenvalue weighted by Gasteiger charge is -2.32. The molecule has 1 heterocycles. The molecular weight excluding hydrogens is 266 g/mol. The van der Waals surface area contributed by atoms with Gasteiger partial charge >= 0.3 is 0 Å². The molecule has 2 amide bonds. The van der Waals surface area contributed by atoms with Crippen LogP contribution in [0.2, 0.25) is 0 Å². The normalized spacial score (nSPS) is 18.9. The third-order valence-corrected chi connectivity index (χ3v) is 2.97. The van der Waals surface area contributed by atoms with E-state index in [1.807, 2.05) is 18.7 Å². The van der Waals surface area contributed by atoms with Crippen molar-refractivity contribution >= 4 is 24.2 Å². The van der Waals surface area contributed by atoms with Crippen LogP contribution < -0.4 is 10.6 Å². The quantitative estimate of drug-likeness (QED) is 0.792. The molecular formula is C13H26ClN3O2. The number of amides is 2. The molecule has 2 N–H and O–H groups in total. The van der Waals surface area contributed by atoms with E-state index < -0.39 is 0 Å². The second kappa shape index (κ2) is 9.15. The van der Waals surface area contributed by atoms with E-state index in [2.05, 4.69) is 17.6 Å². The Morgan fingerprint density at radius 2 is 2.05 bits per heavy atom. The number of carbonyl (C=O) groups is 2. The molecule has 1 atom stereocenters. The summed E-state index contributed by atoms with van der Waals surface area (Å²) in [5, 5.41) is 6.13. The SMILES string of the molecule is CC(C)NC(=O)CCCC(=O)N1CCNC(C)C1.Cl. The Morgan fingerprint density at radius 3 is 2.63 bits per heavy atom. The van der Waals surface area contributed by atoms with Crippen molar-refractivity contribution in [1.29, 1.82) is 0 Å². The third kappa shape index (κ3) is 7.38. The zero-order valence-corrected chi connectivity index (χ0v) is 12.9. The predicted octanol–water partition coefficient (Wildman–Crippen LogP) is 0.923. The van der Waals surface area contributed by atoms with Gasteiger partial charge in [-0.2, -0.15) is 0 Å². The first kappa shape index (κ1) is 18.2. The summed E-state index contributed by atoms with van der Waals surface area (Å²) in [7, 11) is 0. The second-order valence-electron chi connectivity index (χ2n) is 5.27. The highest BCUT2D eigenvalue weighted by molar-refractivity contribution is 5.85. The summed E-state index contributed by atoms with van der Waals surface area (Å²) >= 11 is 0. The van der Waals surface area contributed by atoms with Gasteiger partial charge in [-0.3, -0.25) is 9.59 Å². The van der Waals surface area contributed by atoms with Gasteiger partial charge in [0.2, 0.25) is 11.8 Å². The maximum Gasteiger partial charge on any atom is 0.222 e. The van der Waals surface area contributed by atoms with E-state index in [0.29, 0.717) is 25.3 Å². The summed E-state index contributed by atoms with van der Waals surface area (Å²) < 4.78 is 0. The van der Waals surface area contributed by atoms with Crippen LogP contribution in [0.5, 0.6) is 0 Å². The van der Waals surface area contributed by atoms with Crippen LogP contribution in [-0.4, -0.2) is 48.4 Å². The van der Waals surface area contributed by atoms with E-state index >= 15 is 0 Å². The van der Waals surface area contributed by atoms with Crippen molar-refractivity contribution in [2.24, 2.45) is 0 Å². The van der Waals surface area contributed by atoms with Crippen LogP contribution in [0.3, 0.4) is 0 Å². The molecule has 0 aliphatic carbocycles. The van der Waals surface area contributed by atoms with E-state index in [0.717, 1.165) is 19.6 Å². The Labute approximate surface area is 121 Å². The van der Waals surface area contributed by atoms with Crippen molar-refractivity contribution < 1.29 is 9.59 Å². The van der Waals surface area contributed by atoms with Crippen LogP contribution in [0.4, 0.5) is 0 Å². The molecule has 1 saturated heterocycles. The zero-order valence-electron chi connectivity index (χ0n) is 12.1.